The second kappa shape index (κ2) is 2.16. The molecule has 0 spiro atoms. The largest absolute Gasteiger partial charge is 0.433 e. The molecular formula is C5H6O4. The van der Waals surface area contributed by atoms with Crippen LogP contribution < -0.4 is 0 Å². The van der Waals surface area contributed by atoms with Gasteiger partial charge in [-0.05, 0) is 6.08 Å². The zero-order valence-corrected chi connectivity index (χ0v) is 4.52. The highest BCUT2D eigenvalue weighted by Gasteiger charge is 2.26. The lowest BCUT2D eigenvalue weighted by molar-refractivity contribution is -0.154. The van der Waals surface area contributed by atoms with Crippen molar-refractivity contribution >= 4 is 5.97 Å². The first-order valence-electron chi connectivity index (χ1n) is 2.45. The quantitative estimate of drug-likeness (QED) is 0.403. The molecule has 0 aliphatic carbocycles. The van der Waals surface area contributed by atoms with Crippen LogP contribution in [0.3, 0.4) is 0 Å². The van der Waals surface area contributed by atoms with E-state index in [9.17, 15) is 4.79 Å². The first-order chi connectivity index (χ1) is 4.22. The fraction of sp³-hybridized carbons (Fsp3) is 0.400. The van der Waals surface area contributed by atoms with Gasteiger partial charge >= 0.3 is 5.97 Å². The number of rotatable bonds is 0. The minimum absolute atomic E-state index is 0.815. The van der Waals surface area contributed by atoms with Crippen LogP contribution in [0.4, 0.5) is 0 Å². The molecule has 0 radical (unpaired) electrons. The van der Waals surface area contributed by atoms with Crippen molar-refractivity contribution in [2.45, 2.75) is 12.2 Å². The molecule has 0 amide bonds. The standard InChI is InChI=1S/C5H6O4/c6-3-1-2-9-5(8)4(3)7/h1-4,6-7H. The van der Waals surface area contributed by atoms with E-state index in [1.54, 1.807) is 0 Å². The number of hydrogen-bond donors (Lipinski definition) is 2. The predicted octanol–water partition coefficient (Wildman–Crippen LogP) is -1.22. The maximum Gasteiger partial charge on any atom is 0.342 e. The maximum atomic E-state index is 10.3. The smallest absolute Gasteiger partial charge is 0.342 e. The Bertz CT molecular complexity index is 151. The monoisotopic (exact) mass is 130 g/mol. The molecule has 50 valence electrons. The Morgan fingerprint density at radius 2 is 2.22 bits per heavy atom. The van der Waals surface area contributed by atoms with E-state index < -0.39 is 18.2 Å². The molecule has 0 aromatic rings. The number of esters is 1. The number of aliphatic hydroxyl groups excluding tert-OH is 2. The van der Waals surface area contributed by atoms with Gasteiger partial charge < -0.3 is 14.9 Å². The van der Waals surface area contributed by atoms with Gasteiger partial charge in [-0.3, -0.25) is 0 Å². The Hall–Kier alpha value is -0.870. The van der Waals surface area contributed by atoms with E-state index in [2.05, 4.69) is 4.74 Å². The van der Waals surface area contributed by atoms with E-state index in [0.29, 0.717) is 0 Å². The zero-order valence-electron chi connectivity index (χ0n) is 4.52. The van der Waals surface area contributed by atoms with Crippen molar-refractivity contribution in [2.75, 3.05) is 0 Å². The number of cyclic esters (lactones) is 1. The van der Waals surface area contributed by atoms with E-state index in [1.807, 2.05) is 0 Å². The van der Waals surface area contributed by atoms with E-state index in [1.165, 1.54) is 6.08 Å². The Kier molecular flexibility index (Phi) is 1.50. The van der Waals surface area contributed by atoms with Crippen LogP contribution in [0, 0.1) is 0 Å². The summed E-state index contributed by atoms with van der Waals surface area (Å²) in [4.78, 5) is 10.3. The molecule has 0 fully saturated rings. The first kappa shape index (κ1) is 6.25. The first-order valence-corrected chi connectivity index (χ1v) is 2.45. The summed E-state index contributed by atoms with van der Waals surface area (Å²) in [7, 11) is 0. The van der Waals surface area contributed by atoms with Gasteiger partial charge in [0.1, 0.15) is 6.10 Å². The van der Waals surface area contributed by atoms with Gasteiger partial charge in [-0.15, -0.1) is 0 Å². The van der Waals surface area contributed by atoms with Gasteiger partial charge in [-0.2, -0.15) is 0 Å². The van der Waals surface area contributed by atoms with Crippen LogP contribution in [-0.4, -0.2) is 28.4 Å². The Balaban J connectivity index is 2.69. The lowest BCUT2D eigenvalue weighted by Gasteiger charge is -2.15. The third kappa shape index (κ3) is 1.09. The van der Waals surface area contributed by atoms with Crippen LogP contribution in [-0.2, 0) is 9.53 Å². The van der Waals surface area contributed by atoms with Crippen LogP contribution in [0.2, 0.25) is 0 Å². The Morgan fingerprint density at radius 1 is 1.56 bits per heavy atom. The van der Waals surface area contributed by atoms with Gasteiger partial charge in [0.25, 0.3) is 0 Å². The molecule has 1 heterocycles. The summed E-state index contributed by atoms with van der Waals surface area (Å²) >= 11 is 0. The SMILES string of the molecule is O=C1OC=CC(O)C1O. The molecule has 4 heteroatoms. The molecule has 2 atom stereocenters. The molecule has 0 saturated carbocycles. The second-order valence-corrected chi connectivity index (χ2v) is 1.70. The average Bonchev–Trinajstić information content (AvgIpc) is 1.83. The summed E-state index contributed by atoms with van der Waals surface area (Å²) in [6, 6.07) is 0. The molecule has 9 heavy (non-hydrogen) atoms. The lowest BCUT2D eigenvalue weighted by atomic mass is 10.2. The van der Waals surface area contributed by atoms with Gasteiger partial charge in [0.15, 0.2) is 6.10 Å². The average molecular weight is 130 g/mol. The third-order valence-corrected chi connectivity index (χ3v) is 1.02. The summed E-state index contributed by atoms with van der Waals surface area (Å²) < 4.78 is 4.23. The molecule has 2 unspecified atom stereocenters. The zero-order chi connectivity index (χ0) is 6.85. The van der Waals surface area contributed by atoms with Crippen molar-refractivity contribution in [3.8, 4) is 0 Å². The molecule has 0 saturated heterocycles. The van der Waals surface area contributed by atoms with E-state index in [0.717, 1.165) is 6.26 Å². The van der Waals surface area contributed by atoms with Crippen molar-refractivity contribution in [1.29, 1.82) is 0 Å². The number of hydrogen-bond acceptors (Lipinski definition) is 4. The summed E-state index contributed by atoms with van der Waals surface area (Å²) in [5.74, 6) is -0.815. The fourth-order valence-corrected chi connectivity index (χ4v) is 0.501. The van der Waals surface area contributed by atoms with Crippen LogP contribution in [0.25, 0.3) is 0 Å². The van der Waals surface area contributed by atoms with E-state index >= 15 is 0 Å². The normalized spacial score (nSPS) is 34.2. The molecule has 4 nitrogen and oxygen atoms in total. The van der Waals surface area contributed by atoms with Gasteiger partial charge in [0, 0.05) is 0 Å². The van der Waals surface area contributed by atoms with Crippen molar-refractivity contribution in [1.82, 2.24) is 0 Å². The Labute approximate surface area is 51.4 Å². The number of aliphatic hydroxyl groups is 2. The lowest BCUT2D eigenvalue weighted by Crippen LogP contribution is -2.35. The molecular weight excluding hydrogens is 124 g/mol. The van der Waals surface area contributed by atoms with Crippen LogP contribution in [0.5, 0.6) is 0 Å². The minimum Gasteiger partial charge on any atom is -0.433 e. The fourth-order valence-electron chi connectivity index (χ4n) is 0.501. The molecule has 0 bridgehead atoms. The van der Waals surface area contributed by atoms with Gasteiger partial charge in [-0.25, -0.2) is 4.79 Å². The van der Waals surface area contributed by atoms with Crippen molar-refractivity contribution in [3.63, 3.8) is 0 Å². The number of carbonyl (C=O) groups is 1. The Morgan fingerprint density at radius 3 is 2.67 bits per heavy atom. The highest BCUT2D eigenvalue weighted by Crippen LogP contribution is 2.04. The molecule has 1 aliphatic rings. The topological polar surface area (TPSA) is 66.8 Å². The highest BCUT2D eigenvalue weighted by molar-refractivity contribution is 5.76. The summed E-state index contributed by atoms with van der Waals surface area (Å²) in [5, 5.41) is 17.4. The van der Waals surface area contributed by atoms with E-state index in [4.69, 9.17) is 10.2 Å². The maximum absolute atomic E-state index is 10.3. The van der Waals surface area contributed by atoms with Crippen LogP contribution in [0.1, 0.15) is 0 Å². The number of carbonyl (C=O) groups excluding carboxylic acids is 1. The summed E-state index contributed by atoms with van der Waals surface area (Å²) in [6.07, 6.45) is -0.285. The van der Waals surface area contributed by atoms with Crippen LogP contribution in [0.15, 0.2) is 12.3 Å². The minimum atomic E-state index is -1.42. The molecule has 0 aromatic carbocycles. The van der Waals surface area contributed by atoms with Crippen molar-refractivity contribution < 1.29 is 19.7 Å². The summed E-state index contributed by atoms with van der Waals surface area (Å²) in [5.41, 5.74) is 0. The highest BCUT2D eigenvalue weighted by atomic mass is 16.5. The molecule has 0 aromatic heterocycles. The third-order valence-electron chi connectivity index (χ3n) is 1.02. The summed E-state index contributed by atoms with van der Waals surface area (Å²) in [6.45, 7) is 0. The van der Waals surface area contributed by atoms with E-state index in [-0.39, 0.29) is 0 Å². The van der Waals surface area contributed by atoms with Crippen LogP contribution >= 0.6 is 0 Å². The second-order valence-electron chi connectivity index (χ2n) is 1.70. The molecule has 1 aliphatic heterocycles. The van der Waals surface area contributed by atoms with Gasteiger partial charge in [0.05, 0.1) is 6.26 Å². The predicted molar refractivity (Wildman–Crippen MR) is 27.2 cm³/mol. The molecule has 2 N–H and O–H groups in total. The van der Waals surface area contributed by atoms with Crippen molar-refractivity contribution in [2.24, 2.45) is 0 Å². The van der Waals surface area contributed by atoms with Gasteiger partial charge in [0.2, 0.25) is 0 Å². The number of ether oxygens (including phenoxy) is 1. The van der Waals surface area contributed by atoms with Gasteiger partial charge in [-0.1, -0.05) is 0 Å². The van der Waals surface area contributed by atoms with Crippen molar-refractivity contribution in [3.05, 3.63) is 12.3 Å². The molecule has 1 rings (SSSR count).